The minimum atomic E-state index is -0.155. The molecule has 1 saturated heterocycles. The third kappa shape index (κ3) is 2.85. The fourth-order valence-electron chi connectivity index (χ4n) is 2.87. The predicted octanol–water partition coefficient (Wildman–Crippen LogP) is 1.04. The zero-order chi connectivity index (χ0) is 14.8. The molecule has 0 unspecified atom stereocenters. The molecule has 1 aromatic heterocycles. The summed E-state index contributed by atoms with van der Waals surface area (Å²) < 4.78 is 0. The van der Waals surface area contributed by atoms with E-state index < -0.39 is 0 Å². The second-order valence-electron chi connectivity index (χ2n) is 5.63. The number of aromatic nitrogens is 2. The first-order valence-electron chi connectivity index (χ1n) is 7.35. The highest BCUT2D eigenvalue weighted by Crippen LogP contribution is 2.26. The van der Waals surface area contributed by atoms with Crippen molar-refractivity contribution in [3.63, 3.8) is 0 Å². The fourth-order valence-corrected chi connectivity index (χ4v) is 2.87. The minimum absolute atomic E-state index is 0.155. The van der Waals surface area contributed by atoms with E-state index in [0.29, 0.717) is 16.6 Å². The van der Waals surface area contributed by atoms with Crippen molar-refractivity contribution >= 4 is 22.3 Å². The molecule has 0 bridgehead atoms. The van der Waals surface area contributed by atoms with Gasteiger partial charge in [0.2, 0.25) is 0 Å². The van der Waals surface area contributed by atoms with Crippen molar-refractivity contribution in [3.05, 3.63) is 28.8 Å². The molecular formula is C15H21N5O. The molecule has 1 fully saturated rings. The van der Waals surface area contributed by atoms with Gasteiger partial charge in [0.15, 0.2) is 0 Å². The number of likely N-dealkylation sites (N-methyl/N-ethyl adjacent to an activating group) is 1. The molecule has 3 N–H and O–H groups in total. The van der Waals surface area contributed by atoms with E-state index in [1.54, 1.807) is 6.07 Å². The van der Waals surface area contributed by atoms with Gasteiger partial charge in [-0.25, -0.2) is 4.98 Å². The monoisotopic (exact) mass is 287 g/mol. The van der Waals surface area contributed by atoms with Crippen LogP contribution in [0.2, 0.25) is 0 Å². The van der Waals surface area contributed by atoms with Crippen LogP contribution in [0.4, 0.5) is 11.4 Å². The number of benzene rings is 1. The molecule has 0 radical (unpaired) electrons. The van der Waals surface area contributed by atoms with Gasteiger partial charge in [0, 0.05) is 20.1 Å². The van der Waals surface area contributed by atoms with E-state index in [2.05, 4.69) is 19.8 Å². The molecule has 3 rings (SSSR count). The van der Waals surface area contributed by atoms with Crippen LogP contribution < -0.4 is 16.2 Å². The number of nitrogens with two attached hydrogens (primary N) is 1. The van der Waals surface area contributed by atoms with E-state index in [4.69, 9.17) is 5.73 Å². The number of fused-ring (bicyclic) bond motifs is 1. The van der Waals surface area contributed by atoms with E-state index in [0.717, 1.165) is 18.8 Å². The highest BCUT2D eigenvalue weighted by Gasteiger charge is 2.14. The lowest BCUT2D eigenvalue weighted by molar-refractivity contribution is 0.347. The SMILES string of the molecule is CN(CCN1CCCC1)c1cc2nc[nH]c(=O)c2cc1N. The van der Waals surface area contributed by atoms with Crippen molar-refractivity contribution in [2.24, 2.45) is 0 Å². The third-order valence-electron chi connectivity index (χ3n) is 4.15. The first kappa shape index (κ1) is 13.9. The van der Waals surface area contributed by atoms with Crippen molar-refractivity contribution < 1.29 is 0 Å². The molecule has 0 atom stereocenters. The van der Waals surface area contributed by atoms with Gasteiger partial charge < -0.3 is 20.5 Å². The summed E-state index contributed by atoms with van der Waals surface area (Å²) in [7, 11) is 2.03. The van der Waals surface area contributed by atoms with E-state index in [-0.39, 0.29) is 5.56 Å². The first-order valence-corrected chi connectivity index (χ1v) is 7.35. The Morgan fingerprint density at radius 3 is 2.90 bits per heavy atom. The van der Waals surface area contributed by atoms with E-state index in [1.807, 2.05) is 13.1 Å². The van der Waals surface area contributed by atoms with Gasteiger partial charge in [-0.1, -0.05) is 0 Å². The van der Waals surface area contributed by atoms with Crippen LogP contribution in [0.25, 0.3) is 10.9 Å². The Hall–Kier alpha value is -2.08. The minimum Gasteiger partial charge on any atom is -0.397 e. The van der Waals surface area contributed by atoms with Crippen molar-refractivity contribution in [3.8, 4) is 0 Å². The summed E-state index contributed by atoms with van der Waals surface area (Å²) in [5.74, 6) is 0. The van der Waals surface area contributed by atoms with E-state index in [1.165, 1.54) is 32.3 Å². The summed E-state index contributed by atoms with van der Waals surface area (Å²) in [6, 6.07) is 3.60. The predicted molar refractivity (Wildman–Crippen MR) is 85.7 cm³/mol. The highest BCUT2D eigenvalue weighted by molar-refractivity contribution is 5.88. The average Bonchev–Trinajstić information content (AvgIpc) is 2.98. The van der Waals surface area contributed by atoms with Crippen LogP contribution in [0, 0.1) is 0 Å². The second kappa shape index (κ2) is 5.73. The molecule has 21 heavy (non-hydrogen) atoms. The Kier molecular flexibility index (Phi) is 3.79. The van der Waals surface area contributed by atoms with Crippen molar-refractivity contribution in [2.45, 2.75) is 12.8 Å². The number of hydrogen-bond acceptors (Lipinski definition) is 5. The third-order valence-corrected chi connectivity index (χ3v) is 4.15. The molecule has 0 spiro atoms. The van der Waals surface area contributed by atoms with Crippen molar-refractivity contribution in [1.82, 2.24) is 14.9 Å². The second-order valence-corrected chi connectivity index (χ2v) is 5.63. The van der Waals surface area contributed by atoms with E-state index in [9.17, 15) is 4.79 Å². The summed E-state index contributed by atoms with van der Waals surface area (Å²) in [4.78, 5) is 23.1. The number of rotatable bonds is 4. The molecule has 2 aromatic rings. The number of nitrogen functional groups attached to an aromatic ring is 1. The van der Waals surface area contributed by atoms with Gasteiger partial charge in [0.05, 0.1) is 28.6 Å². The molecule has 1 aliphatic heterocycles. The first-order chi connectivity index (χ1) is 10.1. The summed E-state index contributed by atoms with van der Waals surface area (Å²) in [6.45, 7) is 4.34. The number of nitrogens with one attached hydrogen (secondary N) is 1. The van der Waals surface area contributed by atoms with Gasteiger partial charge in [0.1, 0.15) is 0 Å². The molecular weight excluding hydrogens is 266 g/mol. The number of hydrogen-bond donors (Lipinski definition) is 2. The Balaban J connectivity index is 1.81. The van der Waals surface area contributed by atoms with Crippen LogP contribution in [-0.2, 0) is 0 Å². The number of H-pyrrole nitrogens is 1. The Morgan fingerprint density at radius 1 is 1.38 bits per heavy atom. The van der Waals surface area contributed by atoms with Crippen LogP contribution in [-0.4, -0.2) is 48.1 Å². The summed E-state index contributed by atoms with van der Waals surface area (Å²) >= 11 is 0. The smallest absolute Gasteiger partial charge is 0.258 e. The van der Waals surface area contributed by atoms with Crippen molar-refractivity contribution in [2.75, 3.05) is 43.9 Å². The van der Waals surface area contributed by atoms with Gasteiger partial charge in [-0.2, -0.15) is 0 Å². The lowest BCUT2D eigenvalue weighted by Gasteiger charge is -2.24. The topological polar surface area (TPSA) is 78.2 Å². The fraction of sp³-hybridized carbons (Fsp3) is 0.467. The van der Waals surface area contributed by atoms with E-state index >= 15 is 0 Å². The van der Waals surface area contributed by atoms with Gasteiger partial charge in [0.25, 0.3) is 5.56 Å². The summed E-state index contributed by atoms with van der Waals surface area (Å²) in [5.41, 5.74) is 8.17. The maximum atomic E-state index is 11.7. The molecule has 1 aliphatic rings. The lowest BCUT2D eigenvalue weighted by Crippen LogP contribution is -2.31. The molecule has 2 heterocycles. The highest BCUT2D eigenvalue weighted by atomic mass is 16.1. The molecule has 0 aliphatic carbocycles. The molecule has 0 amide bonds. The maximum absolute atomic E-state index is 11.7. The molecule has 6 heteroatoms. The zero-order valence-corrected chi connectivity index (χ0v) is 12.3. The zero-order valence-electron chi connectivity index (χ0n) is 12.3. The average molecular weight is 287 g/mol. The quantitative estimate of drug-likeness (QED) is 0.821. The number of nitrogens with zero attached hydrogens (tertiary/aromatic N) is 3. The van der Waals surface area contributed by atoms with Crippen LogP contribution >= 0.6 is 0 Å². The summed E-state index contributed by atoms with van der Waals surface area (Å²) in [5, 5.41) is 0.534. The molecule has 6 nitrogen and oxygen atoms in total. The Labute approximate surface area is 123 Å². The molecule has 112 valence electrons. The molecule has 0 saturated carbocycles. The van der Waals surface area contributed by atoms with Gasteiger partial charge in [-0.3, -0.25) is 4.79 Å². The van der Waals surface area contributed by atoms with Crippen molar-refractivity contribution in [1.29, 1.82) is 0 Å². The number of anilines is 2. The molecule has 1 aromatic carbocycles. The van der Waals surface area contributed by atoms with Gasteiger partial charge in [-0.15, -0.1) is 0 Å². The van der Waals surface area contributed by atoms with Gasteiger partial charge >= 0.3 is 0 Å². The lowest BCUT2D eigenvalue weighted by atomic mass is 10.2. The largest absolute Gasteiger partial charge is 0.397 e. The maximum Gasteiger partial charge on any atom is 0.258 e. The number of likely N-dealkylation sites (tertiary alicyclic amines) is 1. The van der Waals surface area contributed by atoms with Crippen LogP contribution in [0.15, 0.2) is 23.3 Å². The van der Waals surface area contributed by atoms with Crippen LogP contribution in [0.3, 0.4) is 0 Å². The Morgan fingerprint density at radius 2 is 2.14 bits per heavy atom. The van der Waals surface area contributed by atoms with Crippen LogP contribution in [0.5, 0.6) is 0 Å². The van der Waals surface area contributed by atoms with Gasteiger partial charge in [-0.05, 0) is 38.1 Å². The normalized spacial score (nSPS) is 15.7. The number of aromatic amines is 1. The van der Waals surface area contributed by atoms with Crippen LogP contribution in [0.1, 0.15) is 12.8 Å². The Bertz CT molecular complexity index is 690. The standard InChI is InChI=1S/C15H21N5O/c1-19(6-7-20-4-2-3-5-20)14-9-13-11(8-12(14)16)15(21)18-10-17-13/h8-10H,2-7,16H2,1H3,(H,17,18,21). The summed E-state index contributed by atoms with van der Waals surface area (Å²) in [6.07, 6.45) is 4.03.